The molecule has 4 nitrogen and oxygen atoms in total. The minimum absolute atomic E-state index is 0.275. The van der Waals surface area contributed by atoms with Crippen molar-refractivity contribution >= 4 is 17.1 Å². The Hall–Kier alpha value is -2.68. The molecule has 4 heteroatoms. The predicted molar refractivity (Wildman–Crippen MR) is 96.1 cm³/mol. The van der Waals surface area contributed by atoms with Crippen molar-refractivity contribution in [2.75, 3.05) is 7.05 Å². The molecular formula is C20H20N4. The second-order valence-electron chi connectivity index (χ2n) is 6.51. The SMILES string of the molecule is CN1Cc2c(c3ccccc3n2C)CC1c1ccccc1C=[N+]=[N-]. The summed E-state index contributed by atoms with van der Waals surface area (Å²) in [6.07, 6.45) is 2.49. The third-order valence-electron chi connectivity index (χ3n) is 5.22. The number of para-hydroxylation sites is 1. The molecule has 2 aromatic carbocycles. The van der Waals surface area contributed by atoms with Gasteiger partial charge in [0.15, 0.2) is 0 Å². The van der Waals surface area contributed by atoms with Gasteiger partial charge in [0, 0.05) is 36.2 Å². The summed E-state index contributed by atoms with van der Waals surface area (Å²) < 4.78 is 2.32. The van der Waals surface area contributed by atoms with Gasteiger partial charge in [0.1, 0.15) is 0 Å². The number of fused-ring (bicyclic) bond motifs is 3. The Labute approximate surface area is 141 Å². The highest BCUT2D eigenvalue weighted by atomic mass is 15.2. The molecule has 2 heterocycles. The first kappa shape index (κ1) is 14.9. The lowest BCUT2D eigenvalue weighted by atomic mass is 9.90. The topological polar surface area (TPSA) is 44.6 Å². The summed E-state index contributed by atoms with van der Waals surface area (Å²) in [6, 6.07) is 17.1. The van der Waals surface area contributed by atoms with E-state index in [0.717, 1.165) is 18.5 Å². The first-order chi connectivity index (χ1) is 11.7. The normalized spacial score (nSPS) is 17.5. The lowest BCUT2D eigenvalue weighted by Gasteiger charge is -2.34. The van der Waals surface area contributed by atoms with Crippen LogP contribution in [0.25, 0.3) is 16.4 Å². The van der Waals surface area contributed by atoms with Crippen LogP contribution in [-0.2, 0) is 20.0 Å². The number of rotatable bonds is 2. The fourth-order valence-electron chi connectivity index (χ4n) is 3.99. The smallest absolute Gasteiger partial charge is 0.288 e. The summed E-state index contributed by atoms with van der Waals surface area (Å²) in [5.74, 6) is 0. The molecule has 0 amide bonds. The summed E-state index contributed by atoms with van der Waals surface area (Å²) in [5.41, 5.74) is 15.3. The highest BCUT2D eigenvalue weighted by Gasteiger charge is 2.30. The Balaban J connectivity index is 1.85. The van der Waals surface area contributed by atoms with Crippen molar-refractivity contribution < 1.29 is 4.79 Å². The average Bonchev–Trinajstić information content (AvgIpc) is 2.88. The zero-order valence-electron chi connectivity index (χ0n) is 14.0. The van der Waals surface area contributed by atoms with Crippen molar-refractivity contribution in [3.05, 3.63) is 76.4 Å². The van der Waals surface area contributed by atoms with E-state index < -0.39 is 0 Å². The zero-order chi connectivity index (χ0) is 16.7. The number of nitrogens with zero attached hydrogens (tertiary/aromatic N) is 4. The number of aromatic nitrogens is 1. The standard InChI is InChI=1S/C20H20N4/c1-23-13-20-17(16-9-5-6-10-18(16)24(20)2)11-19(23)15-8-4-3-7-14(15)12-22-21/h3-10,12,19H,11,13H2,1-2H3. The molecule has 1 aliphatic rings. The monoisotopic (exact) mass is 316 g/mol. The third kappa shape index (κ3) is 2.20. The van der Waals surface area contributed by atoms with Crippen molar-refractivity contribution in [3.63, 3.8) is 0 Å². The van der Waals surface area contributed by atoms with Crippen LogP contribution < -0.4 is 0 Å². The van der Waals surface area contributed by atoms with Gasteiger partial charge in [0.25, 0.3) is 6.21 Å². The molecule has 1 aromatic heterocycles. The predicted octanol–water partition coefficient (Wildman–Crippen LogP) is 3.56. The maximum atomic E-state index is 8.96. The minimum atomic E-state index is 0.275. The third-order valence-corrected chi connectivity index (χ3v) is 5.22. The van der Waals surface area contributed by atoms with Crippen LogP contribution >= 0.6 is 0 Å². The fourth-order valence-corrected chi connectivity index (χ4v) is 3.99. The molecule has 0 saturated heterocycles. The molecule has 0 saturated carbocycles. The van der Waals surface area contributed by atoms with E-state index in [1.807, 2.05) is 12.1 Å². The van der Waals surface area contributed by atoms with Gasteiger partial charge >= 0.3 is 0 Å². The molecular weight excluding hydrogens is 296 g/mol. The lowest BCUT2D eigenvalue weighted by molar-refractivity contribution is 0.00441. The minimum Gasteiger partial charge on any atom is -0.361 e. The van der Waals surface area contributed by atoms with E-state index in [9.17, 15) is 0 Å². The van der Waals surface area contributed by atoms with Crippen molar-refractivity contribution in [3.8, 4) is 0 Å². The summed E-state index contributed by atoms with van der Waals surface area (Å²) in [7, 11) is 4.32. The van der Waals surface area contributed by atoms with Crippen molar-refractivity contribution in [2.24, 2.45) is 7.05 Å². The van der Waals surface area contributed by atoms with Gasteiger partial charge in [-0.25, -0.2) is 0 Å². The second-order valence-corrected chi connectivity index (χ2v) is 6.51. The van der Waals surface area contributed by atoms with E-state index in [4.69, 9.17) is 5.53 Å². The average molecular weight is 316 g/mol. The maximum Gasteiger partial charge on any atom is 0.288 e. The number of hydrogen-bond acceptors (Lipinski definition) is 1. The van der Waals surface area contributed by atoms with Crippen molar-refractivity contribution in [2.45, 2.75) is 19.0 Å². The molecule has 1 unspecified atom stereocenters. The Bertz CT molecular complexity index is 963. The van der Waals surface area contributed by atoms with Gasteiger partial charge in [-0.15, -0.1) is 0 Å². The van der Waals surface area contributed by atoms with E-state index in [-0.39, 0.29) is 6.04 Å². The van der Waals surface area contributed by atoms with Crippen LogP contribution in [0.2, 0.25) is 0 Å². The molecule has 24 heavy (non-hydrogen) atoms. The first-order valence-electron chi connectivity index (χ1n) is 8.22. The lowest BCUT2D eigenvalue weighted by Crippen LogP contribution is -2.32. The van der Waals surface area contributed by atoms with Crippen LogP contribution in [0.5, 0.6) is 0 Å². The Morgan fingerprint density at radius 2 is 1.83 bits per heavy atom. The van der Waals surface area contributed by atoms with E-state index >= 15 is 0 Å². The molecule has 0 aliphatic carbocycles. The van der Waals surface area contributed by atoms with Gasteiger partial charge in [0.05, 0.1) is 5.56 Å². The summed E-state index contributed by atoms with van der Waals surface area (Å²) in [4.78, 5) is 5.62. The number of benzene rings is 2. The van der Waals surface area contributed by atoms with Crippen LogP contribution in [-0.4, -0.2) is 27.5 Å². The van der Waals surface area contributed by atoms with Gasteiger partial charge < -0.3 is 10.1 Å². The quantitative estimate of drug-likeness (QED) is 0.405. The van der Waals surface area contributed by atoms with Crippen molar-refractivity contribution in [1.29, 1.82) is 0 Å². The highest BCUT2D eigenvalue weighted by Crippen LogP contribution is 2.37. The molecule has 0 fully saturated rings. The number of aryl methyl sites for hydroxylation is 1. The Morgan fingerprint density at radius 1 is 1.08 bits per heavy atom. The van der Waals surface area contributed by atoms with Crippen molar-refractivity contribution in [1.82, 2.24) is 9.47 Å². The zero-order valence-corrected chi connectivity index (χ0v) is 14.0. The van der Waals surface area contributed by atoms with Crippen LogP contribution in [0, 0.1) is 0 Å². The molecule has 120 valence electrons. The molecule has 0 bridgehead atoms. The maximum absolute atomic E-state index is 8.96. The summed E-state index contributed by atoms with van der Waals surface area (Å²) >= 11 is 0. The summed E-state index contributed by atoms with van der Waals surface area (Å²) in [5, 5.41) is 1.35. The largest absolute Gasteiger partial charge is 0.361 e. The van der Waals surface area contributed by atoms with Gasteiger partial charge in [-0.2, -0.15) is 4.79 Å². The molecule has 0 radical (unpaired) electrons. The van der Waals surface area contributed by atoms with E-state index in [1.54, 1.807) is 0 Å². The second kappa shape index (κ2) is 5.75. The molecule has 1 aliphatic heterocycles. The van der Waals surface area contributed by atoms with Crippen LogP contribution in [0.3, 0.4) is 0 Å². The molecule has 1 atom stereocenters. The summed E-state index contributed by atoms with van der Waals surface area (Å²) in [6.45, 7) is 0.912. The number of likely N-dealkylation sites (N-methyl/N-ethyl adjacent to an activating group) is 1. The van der Waals surface area contributed by atoms with Gasteiger partial charge in [-0.05, 0) is 36.7 Å². The number of hydrogen-bond donors (Lipinski definition) is 0. The van der Waals surface area contributed by atoms with Crippen LogP contribution in [0.4, 0.5) is 0 Å². The van der Waals surface area contributed by atoms with E-state index in [2.05, 4.69) is 64.8 Å². The highest BCUT2D eigenvalue weighted by molar-refractivity contribution is 5.86. The first-order valence-corrected chi connectivity index (χ1v) is 8.22. The molecule has 0 N–H and O–H groups in total. The van der Waals surface area contributed by atoms with E-state index in [0.29, 0.717) is 0 Å². The van der Waals surface area contributed by atoms with Crippen LogP contribution in [0.15, 0.2) is 48.5 Å². The van der Waals surface area contributed by atoms with E-state index in [1.165, 1.54) is 33.9 Å². The van der Waals surface area contributed by atoms with Gasteiger partial charge in [-0.1, -0.05) is 36.4 Å². The van der Waals surface area contributed by atoms with Crippen LogP contribution in [0.1, 0.15) is 28.4 Å². The Kier molecular flexibility index (Phi) is 3.57. The molecule has 4 rings (SSSR count). The Morgan fingerprint density at radius 3 is 2.67 bits per heavy atom. The molecule has 3 aromatic rings. The van der Waals surface area contributed by atoms with Gasteiger partial charge in [-0.3, -0.25) is 4.90 Å². The fraction of sp³-hybridized carbons (Fsp3) is 0.250. The van der Waals surface area contributed by atoms with Gasteiger partial charge in [0.2, 0.25) is 0 Å². The molecule has 0 spiro atoms.